The molecule has 0 aliphatic rings. The molecule has 0 aliphatic carbocycles. The predicted molar refractivity (Wildman–Crippen MR) is 46.0 cm³/mol. The number of aromatic nitrogens is 1. The normalized spacial score (nSPS) is 10.8. The Kier molecular flexibility index (Phi) is 2.70. The maximum atomic E-state index is 8.73. The van der Waals surface area contributed by atoms with Crippen molar-refractivity contribution in [2.45, 2.75) is 26.5 Å². The molecule has 4 heteroatoms. The van der Waals surface area contributed by atoms with Crippen molar-refractivity contribution in [2.75, 3.05) is 11.9 Å². The largest absolute Gasteiger partial charge is 0.432 e. The molecule has 0 saturated heterocycles. The van der Waals surface area contributed by atoms with E-state index in [1.54, 1.807) is 0 Å². The number of oxazole rings is 1. The Hall–Kier alpha value is -1.03. The van der Waals surface area contributed by atoms with Gasteiger partial charge in [-0.05, 0) is 13.8 Å². The molecule has 0 radical (unpaired) electrons. The number of hydrogen-bond donors (Lipinski definition) is 1. The van der Waals surface area contributed by atoms with E-state index >= 15 is 0 Å². The van der Waals surface area contributed by atoms with Gasteiger partial charge in [-0.1, -0.05) is 0 Å². The summed E-state index contributed by atoms with van der Waals surface area (Å²) in [7, 11) is 1.90. The minimum atomic E-state index is -0.0740. The second-order valence-corrected chi connectivity index (χ2v) is 2.98. The van der Waals surface area contributed by atoms with Crippen LogP contribution in [0.5, 0.6) is 0 Å². The minimum Gasteiger partial charge on any atom is -0.432 e. The van der Waals surface area contributed by atoms with Gasteiger partial charge in [0.1, 0.15) is 12.0 Å². The summed E-state index contributed by atoms with van der Waals surface area (Å²) < 4.78 is 5.13. The van der Waals surface area contributed by atoms with E-state index in [4.69, 9.17) is 9.52 Å². The van der Waals surface area contributed by atoms with Gasteiger partial charge in [0.05, 0.1) is 6.61 Å². The van der Waals surface area contributed by atoms with Crippen LogP contribution in [0.2, 0.25) is 0 Å². The fraction of sp³-hybridized carbons (Fsp3) is 0.625. The molecule has 0 saturated carbocycles. The van der Waals surface area contributed by atoms with Gasteiger partial charge in [0.25, 0.3) is 6.01 Å². The zero-order valence-electron chi connectivity index (χ0n) is 7.61. The van der Waals surface area contributed by atoms with Crippen LogP contribution in [0.4, 0.5) is 6.01 Å². The Morgan fingerprint density at radius 1 is 1.67 bits per heavy atom. The van der Waals surface area contributed by atoms with Gasteiger partial charge in [0, 0.05) is 13.1 Å². The fourth-order valence-electron chi connectivity index (χ4n) is 0.752. The van der Waals surface area contributed by atoms with Gasteiger partial charge in [0.2, 0.25) is 0 Å². The molecule has 4 nitrogen and oxygen atoms in total. The molecule has 68 valence electrons. The SMILES string of the molecule is CC(C)N(C)c1nc(CO)co1. The molecule has 12 heavy (non-hydrogen) atoms. The van der Waals surface area contributed by atoms with Crippen molar-refractivity contribution in [3.05, 3.63) is 12.0 Å². The highest BCUT2D eigenvalue weighted by molar-refractivity contribution is 5.26. The first-order chi connectivity index (χ1) is 5.65. The molecule has 0 aromatic carbocycles. The van der Waals surface area contributed by atoms with Crippen molar-refractivity contribution in [2.24, 2.45) is 0 Å². The van der Waals surface area contributed by atoms with Crippen LogP contribution in [0.25, 0.3) is 0 Å². The molecule has 0 atom stereocenters. The average molecular weight is 170 g/mol. The van der Waals surface area contributed by atoms with E-state index in [1.165, 1.54) is 6.26 Å². The second-order valence-electron chi connectivity index (χ2n) is 2.98. The molecule has 1 heterocycles. The predicted octanol–water partition coefficient (Wildman–Crippen LogP) is 1.01. The minimum absolute atomic E-state index is 0.0740. The monoisotopic (exact) mass is 170 g/mol. The van der Waals surface area contributed by atoms with Gasteiger partial charge < -0.3 is 14.4 Å². The van der Waals surface area contributed by atoms with E-state index in [-0.39, 0.29) is 6.61 Å². The maximum absolute atomic E-state index is 8.73. The van der Waals surface area contributed by atoms with Crippen LogP contribution in [-0.2, 0) is 6.61 Å². The first kappa shape index (κ1) is 9.06. The van der Waals surface area contributed by atoms with Gasteiger partial charge in [-0.25, -0.2) is 0 Å². The van der Waals surface area contributed by atoms with Crippen molar-refractivity contribution in [3.63, 3.8) is 0 Å². The van der Waals surface area contributed by atoms with Crippen LogP contribution in [0.1, 0.15) is 19.5 Å². The average Bonchev–Trinajstić information content (AvgIpc) is 2.50. The van der Waals surface area contributed by atoms with E-state index < -0.39 is 0 Å². The van der Waals surface area contributed by atoms with Gasteiger partial charge >= 0.3 is 0 Å². The fourth-order valence-corrected chi connectivity index (χ4v) is 0.752. The Morgan fingerprint density at radius 3 is 2.75 bits per heavy atom. The summed E-state index contributed by atoms with van der Waals surface area (Å²) in [6, 6.07) is 0.893. The topological polar surface area (TPSA) is 49.5 Å². The summed E-state index contributed by atoms with van der Waals surface area (Å²) in [5.41, 5.74) is 0.567. The van der Waals surface area contributed by atoms with Gasteiger partial charge in [-0.3, -0.25) is 0 Å². The van der Waals surface area contributed by atoms with Crippen molar-refractivity contribution < 1.29 is 9.52 Å². The number of aliphatic hydroxyl groups is 1. The first-order valence-electron chi connectivity index (χ1n) is 3.93. The molecule has 0 fully saturated rings. The standard InChI is InChI=1S/C8H14N2O2/c1-6(2)10(3)8-9-7(4-11)5-12-8/h5-6,11H,4H2,1-3H3. The molecule has 1 aromatic rings. The Balaban J connectivity index is 2.74. The van der Waals surface area contributed by atoms with Crippen molar-refractivity contribution in [3.8, 4) is 0 Å². The van der Waals surface area contributed by atoms with Gasteiger partial charge in [-0.15, -0.1) is 0 Å². The van der Waals surface area contributed by atoms with E-state index in [0.717, 1.165) is 0 Å². The van der Waals surface area contributed by atoms with Crippen molar-refractivity contribution in [1.82, 2.24) is 4.98 Å². The lowest BCUT2D eigenvalue weighted by Gasteiger charge is -2.18. The van der Waals surface area contributed by atoms with E-state index in [0.29, 0.717) is 17.8 Å². The third-order valence-corrected chi connectivity index (χ3v) is 1.78. The Labute approximate surface area is 71.8 Å². The molecule has 1 aromatic heterocycles. The summed E-state index contributed by atoms with van der Waals surface area (Å²) >= 11 is 0. The number of rotatable bonds is 3. The van der Waals surface area contributed by atoms with E-state index in [2.05, 4.69) is 4.98 Å². The lowest BCUT2D eigenvalue weighted by atomic mass is 10.4. The number of aliphatic hydroxyl groups excluding tert-OH is 1. The molecule has 0 aliphatic heterocycles. The molecule has 0 amide bonds. The smallest absolute Gasteiger partial charge is 0.297 e. The van der Waals surface area contributed by atoms with Gasteiger partial charge in [-0.2, -0.15) is 4.98 Å². The summed E-state index contributed by atoms with van der Waals surface area (Å²) in [5.74, 6) is 0. The van der Waals surface area contributed by atoms with Crippen LogP contribution in [0.15, 0.2) is 10.7 Å². The molecule has 1 N–H and O–H groups in total. The zero-order valence-corrected chi connectivity index (χ0v) is 7.61. The summed E-state index contributed by atoms with van der Waals surface area (Å²) in [6.45, 7) is 4.01. The number of nitrogens with zero attached hydrogens (tertiary/aromatic N) is 2. The Morgan fingerprint density at radius 2 is 2.33 bits per heavy atom. The molecule has 0 unspecified atom stereocenters. The number of hydrogen-bond acceptors (Lipinski definition) is 4. The van der Waals surface area contributed by atoms with Crippen LogP contribution in [-0.4, -0.2) is 23.2 Å². The van der Waals surface area contributed by atoms with Crippen LogP contribution < -0.4 is 4.90 Å². The van der Waals surface area contributed by atoms with Gasteiger partial charge in [0.15, 0.2) is 0 Å². The second kappa shape index (κ2) is 3.58. The molecular formula is C8H14N2O2. The van der Waals surface area contributed by atoms with Crippen molar-refractivity contribution in [1.29, 1.82) is 0 Å². The zero-order chi connectivity index (χ0) is 9.14. The Bertz CT molecular complexity index is 245. The summed E-state index contributed by atoms with van der Waals surface area (Å²) in [4.78, 5) is 5.96. The first-order valence-corrected chi connectivity index (χ1v) is 3.93. The number of anilines is 1. The van der Waals surface area contributed by atoms with Crippen LogP contribution in [0, 0.1) is 0 Å². The third kappa shape index (κ3) is 1.76. The highest BCUT2D eigenvalue weighted by Gasteiger charge is 2.10. The molecule has 0 spiro atoms. The highest BCUT2D eigenvalue weighted by atomic mass is 16.4. The summed E-state index contributed by atoms with van der Waals surface area (Å²) in [6.07, 6.45) is 1.47. The summed E-state index contributed by atoms with van der Waals surface area (Å²) in [5, 5.41) is 8.73. The lowest BCUT2D eigenvalue weighted by Crippen LogP contribution is -2.25. The van der Waals surface area contributed by atoms with Crippen LogP contribution in [0.3, 0.4) is 0 Å². The lowest BCUT2D eigenvalue weighted by molar-refractivity contribution is 0.276. The van der Waals surface area contributed by atoms with Crippen molar-refractivity contribution >= 4 is 6.01 Å². The molecule has 0 bridgehead atoms. The highest BCUT2D eigenvalue weighted by Crippen LogP contribution is 2.13. The third-order valence-electron chi connectivity index (χ3n) is 1.78. The van der Waals surface area contributed by atoms with Crippen LogP contribution >= 0.6 is 0 Å². The maximum Gasteiger partial charge on any atom is 0.297 e. The van der Waals surface area contributed by atoms with E-state index in [1.807, 2.05) is 25.8 Å². The molecule has 1 rings (SSSR count). The quantitative estimate of drug-likeness (QED) is 0.735. The van der Waals surface area contributed by atoms with E-state index in [9.17, 15) is 0 Å². The molecular weight excluding hydrogens is 156 g/mol.